The lowest BCUT2D eigenvalue weighted by Crippen LogP contribution is -2.31. The predicted molar refractivity (Wildman–Crippen MR) is 88.6 cm³/mol. The highest BCUT2D eigenvalue weighted by atomic mass is 16.1. The van der Waals surface area contributed by atoms with E-state index in [1.807, 2.05) is 31.1 Å². The molecule has 3 N–H and O–H groups in total. The Morgan fingerprint density at radius 2 is 1.95 bits per heavy atom. The third-order valence-electron chi connectivity index (χ3n) is 4.46. The Bertz CT molecular complexity index is 491. The fourth-order valence-corrected chi connectivity index (χ4v) is 2.98. The summed E-state index contributed by atoms with van der Waals surface area (Å²) in [5, 5.41) is 3.05. The monoisotopic (exact) mass is 289 g/mol. The molecule has 1 fully saturated rings. The van der Waals surface area contributed by atoms with Crippen molar-refractivity contribution < 1.29 is 4.79 Å². The van der Waals surface area contributed by atoms with E-state index in [4.69, 9.17) is 5.73 Å². The fourth-order valence-electron chi connectivity index (χ4n) is 2.98. The summed E-state index contributed by atoms with van der Waals surface area (Å²) in [4.78, 5) is 14.1. The second-order valence-electron chi connectivity index (χ2n) is 6.50. The quantitative estimate of drug-likeness (QED) is 0.838. The molecule has 1 aromatic rings. The van der Waals surface area contributed by atoms with Crippen LogP contribution in [0.1, 0.15) is 43.0 Å². The molecule has 21 heavy (non-hydrogen) atoms. The van der Waals surface area contributed by atoms with Crippen LogP contribution in [0.2, 0.25) is 0 Å². The number of hydrogen-bond donors (Lipinski definition) is 2. The summed E-state index contributed by atoms with van der Waals surface area (Å²) in [6.45, 7) is 3.09. The molecule has 0 radical (unpaired) electrons. The molecule has 116 valence electrons. The highest BCUT2D eigenvalue weighted by Gasteiger charge is 2.19. The summed E-state index contributed by atoms with van der Waals surface area (Å²) >= 11 is 0. The zero-order valence-electron chi connectivity index (χ0n) is 13.4. The van der Waals surface area contributed by atoms with Crippen molar-refractivity contribution in [3.8, 4) is 0 Å². The van der Waals surface area contributed by atoms with Crippen molar-refractivity contribution >= 4 is 17.3 Å². The molecule has 0 heterocycles. The van der Waals surface area contributed by atoms with E-state index in [9.17, 15) is 4.79 Å². The number of nitrogens with one attached hydrogen (secondary N) is 1. The van der Waals surface area contributed by atoms with Crippen molar-refractivity contribution in [3.05, 3.63) is 23.8 Å². The molecule has 2 rings (SSSR count). The maximum atomic E-state index is 12.2. The maximum absolute atomic E-state index is 12.2. The van der Waals surface area contributed by atoms with Crippen molar-refractivity contribution in [2.24, 2.45) is 11.8 Å². The zero-order valence-corrected chi connectivity index (χ0v) is 13.4. The lowest BCUT2D eigenvalue weighted by molar-refractivity contribution is 0.0942. The largest absolute Gasteiger partial charge is 0.397 e. The molecule has 0 saturated heterocycles. The first-order chi connectivity index (χ1) is 9.97. The molecular weight excluding hydrogens is 262 g/mol. The normalized spacial score (nSPS) is 21.9. The van der Waals surface area contributed by atoms with Gasteiger partial charge in [0.15, 0.2) is 0 Å². The van der Waals surface area contributed by atoms with Gasteiger partial charge in [-0.2, -0.15) is 0 Å². The van der Waals surface area contributed by atoms with Crippen LogP contribution in [0.3, 0.4) is 0 Å². The van der Waals surface area contributed by atoms with Gasteiger partial charge in [-0.25, -0.2) is 0 Å². The average molecular weight is 289 g/mol. The van der Waals surface area contributed by atoms with Crippen LogP contribution in [-0.2, 0) is 0 Å². The van der Waals surface area contributed by atoms with Gasteiger partial charge in [0.2, 0.25) is 0 Å². The minimum absolute atomic E-state index is 0.0226. The Hall–Kier alpha value is -1.71. The van der Waals surface area contributed by atoms with Crippen LogP contribution in [0.5, 0.6) is 0 Å². The predicted octanol–water partition coefficient (Wildman–Crippen LogP) is 2.89. The number of nitrogen functional groups attached to an aromatic ring is 1. The molecule has 1 saturated carbocycles. The summed E-state index contributed by atoms with van der Waals surface area (Å²) in [6.07, 6.45) is 5.02. The molecule has 0 bridgehead atoms. The van der Waals surface area contributed by atoms with Crippen molar-refractivity contribution in [2.75, 3.05) is 31.3 Å². The number of nitrogens with zero attached hydrogens (tertiary/aromatic N) is 1. The minimum atomic E-state index is -0.0226. The first-order valence-corrected chi connectivity index (χ1v) is 7.82. The van der Waals surface area contributed by atoms with Gasteiger partial charge in [0, 0.05) is 26.2 Å². The minimum Gasteiger partial charge on any atom is -0.397 e. The van der Waals surface area contributed by atoms with E-state index >= 15 is 0 Å². The molecular formula is C17H27N3O. The third-order valence-corrected chi connectivity index (χ3v) is 4.46. The number of benzene rings is 1. The molecule has 0 atom stereocenters. The van der Waals surface area contributed by atoms with Gasteiger partial charge in [-0.15, -0.1) is 0 Å². The summed E-state index contributed by atoms with van der Waals surface area (Å²) in [5.41, 5.74) is 8.21. The lowest BCUT2D eigenvalue weighted by atomic mass is 9.83. The number of hydrogen-bond acceptors (Lipinski definition) is 3. The molecule has 4 heteroatoms. The van der Waals surface area contributed by atoms with Gasteiger partial charge in [0.05, 0.1) is 11.4 Å². The van der Waals surface area contributed by atoms with Gasteiger partial charge in [0.1, 0.15) is 0 Å². The second-order valence-corrected chi connectivity index (χ2v) is 6.50. The third kappa shape index (κ3) is 4.13. The average Bonchev–Trinajstić information content (AvgIpc) is 2.45. The molecule has 0 aromatic heterocycles. The zero-order chi connectivity index (χ0) is 15.4. The number of amides is 1. The number of carbonyl (C=O) groups excluding carboxylic acids is 1. The van der Waals surface area contributed by atoms with E-state index < -0.39 is 0 Å². The summed E-state index contributed by atoms with van der Waals surface area (Å²) < 4.78 is 0. The van der Waals surface area contributed by atoms with Gasteiger partial charge >= 0.3 is 0 Å². The van der Waals surface area contributed by atoms with E-state index in [1.54, 1.807) is 6.07 Å². The number of rotatable bonds is 4. The smallest absolute Gasteiger partial charge is 0.251 e. The molecule has 1 aliphatic carbocycles. The Labute approximate surface area is 127 Å². The fraction of sp³-hybridized carbons (Fsp3) is 0.588. The van der Waals surface area contributed by atoms with Gasteiger partial charge in [-0.3, -0.25) is 4.79 Å². The van der Waals surface area contributed by atoms with Gasteiger partial charge < -0.3 is 16.0 Å². The van der Waals surface area contributed by atoms with Gasteiger partial charge in [0.25, 0.3) is 5.91 Å². The lowest BCUT2D eigenvalue weighted by Gasteiger charge is -2.26. The van der Waals surface area contributed by atoms with Gasteiger partial charge in [-0.05, 0) is 42.9 Å². The van der Waals surface area contributed by atoms with Crippen molar-refractivity contribution in [1.82, 2.24) is 5.32 Å². The van der Waals surface area contributed by atoms with E-state index in [0.29, 0.717) is 17.2 Å². The van der Waals surface area contributed by atoms with E-state index in [-0.39, 0.29) is 5.91 Å². The van der Waals surface area contributed by atoms with Crippen molar-refractivity contribution in [3.63, 3.8) is 0 Å². The molecule has 1 aliphatic rings. The summed E-state index contributed by atoms with van der Waals surface area (Å²) in [5.74, 6) is 1.45. The van der Waals surface area contributed by atoms with Crippen molar-refractivity contribution in [2.45, 2.75) is 32.6 Å². The SMILES string of the molecule is CC1CCC(CNC(=O)c2ccc(N(C)C)c(N)c2)CC1. The van der Waals surface area contributed by atoms with E-state index in [0.717, 1.165) is 18.2 Å². The number of nitrogens with two attached hydrogens (primary N) is 1. The molecule has 0 unspecified atom stereocenters. The molecule has 1 aromatic carbocycles. The van der Waals surface area contributed by atoms with Crippen LogP contribution < -0.4 is 16.0 Å². The Balaban J connectivity index is 1.90. The molecule has 0 aliphatic heterocycles. The number of carbonyl (C=O) groups is 1. The molecule has 1 amide bonds. The second kappa shape index (κ2) is 6.83. The standard InChI is InChI=1S/C17H27N3O/c1-12-4-6-13(7-5-12)11-19-17(21)14-8-9-16(20(2)3)15(18)10-14/h8-10,12-13H,4-7,11,18H2,1-3H3,(H,19,21). The topological polar surface area (TPSA) is 58.4 Å². The highest BCUT2D eigenvalue weighted by Crippen LogP contribution is 2.28. The first kappa shape index (κ1) is 15.7. The first-order valence-electron chi connectivity index (χ1n) is 7.82. The van der Waals surface area contributed by atoms with Crippen LogP contribution in [-0.4, -0.2) is 26.5 Å². The number of anilines is 2. The Kier molecular flexibility index (Phi) is 5.10. The van der Waals surface area contributed by atoms with Crippen LogP contribution in [0.15, 0.2) is 18.2 Å². The van der Waals surface area contributed by atoms with E-state index in [2.05, 4.69) is 12.2 Å². The van der Waals surface area contributed by atoms with Crippen LogP contribution in [0.4, 0.5) is 11.4 Å². The summed E-state index contributed by atoms with van der Waals surface area (Å²) in [6, 6.07) is 5.49. The highest BCUT2D eigenvalue weighted by molar-refractivity contribution is 5.96. The van der Waals surface area contributed by atoms with Crippen LogP contribution in [0, 0.1) is 11.8 Å². The Morgan fingerprint density at radius 1 is 1.29 bits per heavy atom. The molecule has 0 spiro atoms. The maximum Gasteiger partial charge on any atom is 0.251 e. The van der Waals surface area contributed by atoms with Gasteiger partial charge in [-0.1, -0.05) is 19.8 Å². The Morgan fingerprint density at radius 3 is 2.52 bits per heavy atom. The van der Waals surface area contributed by atoms with E-state index in [1.165, 1.54) is 25.7 Å². The molecule has 4 nitrogen and oxygen atoms in total. The van der Waals surface area contributed by atoms with Crippen LogP contribution in [0.25, 0.3) is 0 Å². The summed E-state index contributed by atoms with van der Waals surface area (Å²) in [7, 11) is 3.88. The van der Waals surface area contributed by atoms with Crippen molar-refractivity contribution in [1.29, 1.82) is 0 Å². The van der Waals surface area contributed by atoms with Crippen LogP contribution >= 0.6 is 0 Å².